The maximum Gasteiger partial charge on any atom is 0.416 e. The highest BCUT2D eigenvalue weighted by Gasteiger charge is 2.35. The Balaban J connectivity index is 1.97. The molecule has 3 aromatic carbocycles. The van der Waals surface area contributed by atoms with Crippen LogP contribution in [0.5, 0.6) is 5.75 Å². The summed E-state index contributed by atoms with van der Waals surface area (Å²) in [5.41, 5.74) is -1.76. The lowest BCUT2D eigenvalue weighted by molar-refractivity contribution is -0.138. The van der Waals surface area contributed by atoms with Crippen LogP contribution in [0.1, 0.15) is 46.8 Å². The van der Waals surface area contributed by atoms with E-state index in [0.29, 0.717) is 11.6 Å². The SMILES string of the molecule is CC(C)c1cccc(C(F)(F)F)c1Cn1nc(-c2cc(O)c(C(=O)O)cc2F)c2c(F)cccc21. The van der Waals surface area contributed by atoms with Gasteiger partial charge < -0.3 is 10.2 Å². The topological polar surface area (TPSA) is 75.3 Å². The number of halogens is 5. The van der Waals surface area contributed by atoms with Gasteiger partial charge in [-0.05, 0) is 47.4 Å². The second-order valence-electron chi connectivity index (χ2n) is 8.32. The number of carboxylic acid groups (broad SMARTS) is 1. The standard InChI is InChI=1S/C25H19F5N2O3/c1-12(2)13-5-3-6-17(25(28,29)30)16(13)11-32-20-8-4-7-18(26)22(20)23(31-32)14-10-21(33)15(24(34)35)9-19(14)27/h3-10,12,33H,11H2,1-2H3,(H,34,35). The van der Waals surface area contributed by atoms with Gasteiger partial charge in [-0.25, -0.2) is 13.6 Å². The quantitative estimate of drug-likeness (QED) is 0.310. The number of nitrogens with zero attached hydrogens (tertiary/aromatic N) is 2. The summed E-state index contributed by atoms with van der Waals surface area (Å²) < 4.78 is 72.4. The zero-order valence-corrected chi connectivity index (χ0v) is 18.5. The van der Waals surface area contributed by atoms with Crippen molar-refractivity contribution in [2.24, 2.45) is 0 Å². The summed E-state index contributed by atoms with van der Waals surface area (Å²) >= 11 is 0. The van der Waals surface area contributed by atoms with Crippen LogP contribution < -0.4 is 0 Å². The van der Waals surface area contributed by atoms with Gasteiger partial charge in [0, 0.05) is 5.56 Å². The predicted octanol–water partition coefficient (Wildman–Crippen LogP) is 6.58. The Morgan fingerprint density at radius 1 is 1.06 bits per heavy atom. The number of hydrogen-bond acceptors (Lipinski definition) is 3. The molecule has 1 heterocycles. The van der Waals surface area contributed by atoms with E-state index >= 15 is 0 Å². The Bertz CT molecular complexity index is 1460. The molecule has 4 rings (SSSR count). The number of benzene rings is 3. The number of aromatic hydroxyl groups is 1. The van der Waals surface area contributed by atoms with E-state index in [9.17, 15) is 31.9 Å². The van der Waals surface area contributed by atoms with Gasteiger partial charge in [0.1, 0.15) is 28.6 Å². The van der Waals surface area contributed by atoms with Crippen LogP contribution in [0, 0.1) is 11.6 Å². The van der Waals surface area contributed by atoms with Crippen molar-refractivity contribution in [1.29, 1.82) is 0 Å². The summed E-state index contributed by atoms with van der Waals surface area (Å²) in [6.45, 7) is 3.10. The number of hydrogen-bond donors (Lipinski definition) is 2. The van der Waals surface area contributed by atoms with E-state index in [-0.39, 0.29) is 34.6 Å². The number of carbonyl (C=O) groups is 1. The molecule has 0 aliphatic rings. The second-order valence-corrected chi connectivity index (χ2v) is 8.32. The van der Waals surface area contributed by atoms with E-state index < -0.39 is 46.2 Å². The zero-order chi connectivity index (χ0) is 25.7. The molecule has 0 bridgehead atoms. The third-order valence-electron chi connectivity index (χ3n) is 5.75. The number of aromatic carboxylic acids is 1. The number of carboxylic acids is 1. The third kappa shape index (κ3) is 4.31. The van der Waals surface area contributed by atoms with Crippen molar-refractivity contribution in [2.75, 3.05) is 0 Å². The average Bonchev–Trinajstić information content (AvgIpc) is 3.13. The highest BCUT2D eigenvalue weighted by Crippen LogP contribution is 2.38. The molecule has 0 spiro atoms. The van der Waals surface area contributed by atoms with Gasteiger partial charge in [0.05, 0.1) is 23.0 Å². The molecule has 4 aromatic rings. The third-order valence-corrected chi connectivity index (χ3v) is 5.75. The van der Waals surface area contributed by atoms with Crippen molar-refractivity contribution in [1.82, 2.24) is 9.78 Å². The molecule has 2 N–H and O–H groups in total. The Morgan fingerprint density at radius 3 is 2.37 bits per heavy atom. The van der Waals surface area contributed by atoms with Gasteiger partial charge in [0.2, 0.25) is 0 Å². The largest absolute Gasteiger partial charge is 0.507 e. The normalized spacial score (nSPS) is 12.0. The summed E-state index contributed by atoms with van der Waals surface area (Å²) in [5.74, 6) is -4.49. The van der Waals surface area contributed by atoms with Gasteiger partial charge in [-0.2, -0.15) is 18.3 Å². The van der Waals surface area contributed by atoms with Gasteiger partial charge in [-0.1, -0.05) is 32.0 Å². The number of aromatic nitrogens is 2. The van der Waals surface area contributed by atoms with Crippen molar-refractivity contribution in [3.05, 3.63) is 82.4 Å². The van der Waals surface area contributed by atoms with Crippen LogP contribution in [0.2, 0.25) is 0 Å². The fourth-order valence-electron chi connectivity index (χ4n) is 4.15. The van der Waals surface area contributed by atoms with Crippen LogP contribution in [0.4, 0.5) is 22.0 Å². The molecule has 0 unspecified atom stereocenters. The maximum atomic E-state index is 14.9. The first kappa shape index (κ1) is 24.2. The lowest BCUT2D eigenvalue weighted by Crippen LogP contribution is -2.15. The Hall–Kier alpha value is -3.95. The summed E-state index contributed by atoms with van der Waals surface area (Å²) in [4.78, 5) is 11.2. The monoisotopic (exact) mass is 490 g/mol. The van der Waals surface area contributed by atoms with E-state index in [1.54, 1.807) is 19.9 Å². The molecule has 1 aromatic heterocycles. The minimum Gasteiger partial charge on any atom is -0.507 e. The molecule has 0 saturated carbocycles. The van der Waals surface area contributed by atoms with E-state index in [1.807, 2.05) is 0 Å². The minimum absolute atomic E-state index is 0.0558. The van der Waals surface area contributed by atoms with E-state index in [4.69, 9.17) is 5.11 Å². The summed E-state index contributed by atoms with van der Waals surface area (Å²) in [7, 11) is 0. The smallest absolute Gasteiger partial charge is 0.416 e. The van der Waals surface area contributed by atoms with Crippen LogP contribution >= 0.6 is 0 Å². The van der Waals surface area contributed by atoms with Crippen LogP contribution in [0.15, 0.2) is 48.5 Å². The van der Waals surface area contributed by atoms with Crippen molar-refractivity contribution in [3.8, 4) is 17.0 Å². The summed E-state index contributed by atoms with van der Waals surface area (Å²) in [5, 5.41) is 23.2. The van der Waals surface area contributed by atoms with E-state index in [1.165, 1.54) is 18.2 Å². The first-order valence-corrected chi connectivity index (χ1v) is 10.5. The molecule has 0 atom stereocenters. The van der Waals surface area contributed by atoms with Gasteiger partial charge in [0.15, 0.2) is 0 Å². The molecule has 0 radical (unpaired) electrons. The minimum atomic E-state index is -4.65. The summed E-state index contributed by atoms with van der Waals surface area (Å²) in [6, 6.07) is 9.10. The molecule has 0 saturated heterocycles. The molecule has 10 heteroatoms. The van der Waals surface area contributed by atoms with Crippen molar-refractivity contribution in [2.45, 2.75) is 32.5 Å². The van der Waals surface area contributed by atoms with Crippen LogP contribution in [0.3, 0.4) is 0 Å². The average molecular weight is 490 g/mol. The maximum absolute atomic E-state index is 14.9. The van der Waals surface area contributed by atoms with Gasteiger partial charge in [-0.3, -0.25) is 4.68 Å². The fraction of sp³-hybridized carbons (Fsp3) is 0.200. The number of phenols is 1. The first-order chi connectivity index (χ1) is 16.4. The van der Waals surface area contributed by atoms with Crippen molar-refractivity contribution < 1.29 is 37.0 Å². The molecule has 35 heavy (non-hydrogen) atoms. The molecule has 0 fully saturated rings. The zero-order valence-electron chi connectivity index (χ0n) is 18.5. The lowest BCUT2D eigenvalue weighted by Gasteiger charge is -2.19. The number of rotatable bonds is 5. The molecule has 182 valence electrons. The highest BCUT2D eigenvalue weighted by atomic mass is 19.4. The van der Waals surface area contributed by atoms with Crippen LogP contribution in [-0.4, -0.2) is 26.0 Å². The summed E-state index contributed by atoms with van der Waals surface area (Å²) in [6.07, 6.45) is -4.65. The van der Waals surface area contributed by atoms with Crippen LogP contribution in [0.25, 0.3) is 22.2 Å². The molecule has 0 aliphatic carbocycles. The Labute approximate surface area is 196 Å². The second kappa shape index (κ2) is 8.68. The Kier molecular flexibility index (Phi) is 6.00. The van der Waals surface area contributed by atoms with Gasteiger partial charge >= 0.3 is 12.1 Å². The number of fused-ring (bicyclic) bond motifs is 1. The first-order valence-electron chi connectivity index (χ1n) is 10.5. The molecule has 0 amide bonds. The molecule has 5 nitrogen and oxygen atoms in total. The molecular formula is C25H19F5N2O3. The molecule has 0 aliphatic heterocycles. The van der Waals surface area contributed by atoms with Crippen LogP contribution in [-0.2, 0) is 12.7 Å². The lowest BCUT2D eigenvalue weighted by atomic mass is 9.93. The fourth-order valence-corrected chi connectivity index (χ4v) is 4.15. The highest BCUT2D eigenvalue weighted by molar-refractivity contribution is 5.96. The van der Waals surface area contributed by atoms with Gasteiger partial charge in [0.25, 0.3) is 0 Å². The Morgan fingerprint density at radius 2 is 1.74 bits per heavy atom. The van der Waals surface area contributed by atoms with Crippen molar-refractivity contribution >= 4 is 16.9 Å². The van der Waals surface area contributed by atoms with E-state index in [2.05, 4.69) is 5.10 Å². The predicted molar refractivity (Wildman–Crippen MR) is 118 cm³/mol. The number of alkyl halides is 3. The van der Waals surface area contributed by atoms with Crippen molar-refractivity contribution in [3.63, 3.8) is 0 Å². The molecular weight excluding hydrogens is 471 g/mol. The van der Waals surface area contributed by atoms with E-state index in [0.717, 1.165) is 22.9 Å². The van der Waals surface area contributed by atoms with Gasteiger partial charge in [-0.15, -0.1) is 0 Å².